The minimum atomic E-state index is -0.525. The molecule has 1 aliphatic rings. The van der Waals surface area contributed by atoms with Crippen LogP contribution in [0.5, 0.6) is 0 Å². The Balaban J connectivity index is 2.12. The summed E-state index contributed by atoms with van der Waals surface area (Å²) in [4.78, 5) is 21.9. The summed E-state index contributed by atoms with van der Waals surface area (Å²) in [6.07, 6.45) is 3.32. The van der Waals surface area contributed by atoms with Crippen LogP contribution in [0.25, 0.3) is 0 Å². The van der Waals surface area contributed by atoms with Gasteiger partial charge >= 0.3 is 5.69 Å². The normalized spacial score (nSPS) is 16.6. The van der Waals surface area contributed by atoms with Crippen molar-refractivity contribution in [1.82, 2.24) is 15.1 Å². The maximum atomic E-state index is 11.7. The van der Waals surface area contributed by atoms with Crippen LogP contribution in [0, 0.1) is 17.0 Å². The number of nitro groups is 1. The molecule has 1 saturated carbocycles. The first-order valence-corrected chi connectivity index (χ1v) is 5.49. The third-order valence-electron chi connectivity index (χ3n) is 2.79. The summed E-state index contributed by atoms with van der Waals surface area (Å²) in [5.41, 5.74) is 0.261. The van der Waals surface area contributed by atoms with E-state index in [9.17, 15) is 14.9 Å². The molecule has 1 aromatic rings. The van der Waals surface area contributed by atoms with E-state index in [1.165, 1.54) is 10.9 Å². The molecule has 17 heavy (non-hydrogen) atoms. The molecule has 1 heterocycles. The lowest BCUT2D eigenvalue weighted by atomic mass is 10.3. The molecule has 0 radical (unpaired) electrons. The van der Waals surface area contributed by atoms with Gasteiger partial charge in [-0.2, -0.15) is 5.10 Å². The Labute approximate surface area is 98.0 Å². The predicted octanol–water partition coefficient (Wildman–Crippen LogP) is 0.939. The number of hydrogen-bond donors (Lipinski definition) is 1. The zero-order valence-electron chi connectivity index (χ0n) is 9.71. The second-order valence-corrected chi connectivity index (χ2v) is 4.30. The summed E-state index contributed by atoms with van der Waals surface area (Å²) < 4.78 is 1.34. The van der Waals surface area contributed by atoms with Crippen LogP contribution >= 0.6 is 0 Å². The van der Waals surface area contributed by atoms with Crippen LogP contribution < -0.4 is 5.32 Å². The van der Waals surface area contributed by atoms with Crippen molar-refractivity contribution in [3.63, 3.8) is 0 Å². The molecule has 1 unspecified atom stereocenters. The van der Waals surface area contributed by atoms with E-state index in [1.54, 1.807) is 13.8 Å². The Morgan fingerprint density at radius 3 is 2.82 bits per heavy atom. The molecule has 1 fully saturated rings. The molecule has 1 N–H and O–H groups in total. The lowest BCUT2D eigenvalue weighted by Crippen LogP contribution is -2.32. The molecule has 0 saturated heterocycles. The molecule has 92 valence electrons. The molecule has 1 atom stereocenters. The largest absolute Gasteiger partial charge is 0.352 e. The topological polar surface area (TPSA) is 90.1 Å². The average molecular weight is 238 g/mol. The zero-order valence-corrected chi connectivity index (χ0v) is 9.71. The fourth-order valence-electron chi connectivity index (χ4n) is 1.52. The van der Waals surface area contributed by atoms with Crippen LogP contribution in [0.3, 0.4) is 0 Å². The highest BCUT2D eigenvalue weighted by molar-refractivity contribution is 5.80. The van der Waals surface area contributed by atoms with Gasteiger partial charge in [0.25, 0.3) is 0 Å². The Morgan fingerprint density at radius 1 is 1.71 bits per heavy atom. The van der Waals surface area contributed by atoms with Crippen LogP contribution in [0.2, 0.25) is 0 Å². The molecule has 1 aromatic heterocycles. The quantitative estimate of drug-likeness (QED) is 0.624. The van der Waals surface area contributed by atoms with Gasteiger partial charge in [0.2, 0.25) is 5.91 Å². The smallest absolute Gasteiger partial charge is 0.309 e. The number of hydrogen-bond acceptors (Lipinski definition) is 4. The van der Waals surface area contributed by atoms with E-state index in [4.69, 9.17) is 0 Å². The van der Waals surface area contributed by atoms with Gasteiger partial charge in [0.05, 0.1) is 4.92 Å². The Hall–Kier alpha value is -1.92. The van der Waals surface area contributed by atoms with Crippen molar-refractivity contribution < 1.29 is 9.72 Å². The van der Waals surface area contributed by atoms with Crippen LogP contribution in [-0.2, 0) is 4.79 Å². The number of nitrogens with one attached hydrogen (secondary N) is 1. The monoisotopic (exact) mass is 238 g/mol. The van der Waals surface area contributed by atoms with E-state index in [1.807, 2.05) is 0 Å². The first-order chi connectivity index (χ1) is 7.99. The van der Waals surface area contributed by atoms with Crippen molar-refractivity contribution in [3.05, 3.63) is 22.0 Å². The summed E-state index contributed by atoms with van der Waals surface area (Å²) in [6.45, 7) is 3.23. The van der Waals surface area contributed by atoms with Gasteiger partial charge in [-0.05, 0) is 26.7 Å². The van der Waals surface area contributed by atoms with Crippen LogP contribution in [0.15, 0.2) is 6.20 Å². The maximum absolute atomic E-state index is 11.7. The first-order valence-electron chi connectivity index (χ1n) is 5.49. The molecular weight excluding hydrogens is 224 g/mol. The van der Waals surface area contributed by atoms with Gasteiger partial charge in [-0.3, -0.25) is 19.6 Å². The minimum absolute atomic E-state index is 0.0592. The molecule has 7 heteroatoms. The second kappa shape index (κ2) is 4.15. The van der Waals surface area contributed by atoms with Crippen molar-refractivity contribution in [2.24, 2.45) is 0 Å². The highest BCUT2D eigenvalue weighted by atomic mass is 16.6. The number of rotatable bonds is 4. The van der Waals surface area contributed by atoms with Gasteiger partial charge in [-0.1, -0.05) is 0 Å². The molecule has 2 rings (SSSR count). The Morgan fingerprint density at radius 2 is 2.35 bits per heavy atom. The van der Waals surface area contributed by atoms with Gasteiger partial charge in [0.1, 0.15) is 17.9 Å². The number of carbonyl (C=O) groups excluding carboxylic acids is 1. The Bertz CT molecular complexity index is 464. The number of aromatic nitrogens is 2. The number of aryl methyl sites for hydroxylation is 1. The summed E-state index contributed by atoms with van der Waals surface area (Å²) >= 11 is 0. The van der Waals surface area contributed by atoms with E-state index in [2.05, 4.69) is 10.4 Å². The zero-order chi connectivity index (χ0) is 12.6. The Kier molecular flexibility index (Phi) is 2.83. The third-order valence-corrected chi connectivity index (χ3v) is 2.79. The van der Waals surface area contributed by atoms with Crippen LogP contribution in [0.4, 0.5) is 5.69 Å². The first kappa shape index (κ1) is 11.6. The predicted molar refractivity (Wildman–Crippen MR) is 59.5 cm³/mol. The van der Waals surface area contributed by atoms with E-state index in [-0.39, 0.29) is 17.6 Å². The fraction of sp³-hybridized carbons (Fsp3) is 0.600. The van der Waals surface area contributed by atoms with Crippen molar-refractivity contribution in [3.8, 4) is 0 Å². The van der Waals surface area contributed by atoms with Crippen molar-refractivity contribution in [2.75, 3.05) is 0 Å². The summed E-state index contributed by atoms with van der Waals surface area (Å²) in [5, 5.41) is 17.5. The third kappa shape index (κ3) is 2.43. The molecule has 7 nitrogen and oxygen atoms in total. The van der Waals surface area contributed by atoms with Gasteiger partial charge in [-0.15, -0.1) is 0 Å². The summed E-state index contributed by atoms with van der Waals surface area (Å²) in [6, 6.07) is -0.250. The standard InChI is InChI=1S/C10H14N4O3/c1-6-9(14(16)17)5-13(12-6)7(2)10(15)11-8-3-4-8/h5,7-8H,3-4H2,1-2H3,(H,11,15). The number of carbonyl (C=O) groups is 1. The van der Waals surface area contributed by atoms with Gasteiger partial charge in [0, 0.05) is 6.04 Å². The molecule has 0 aromatic carbocycles. The minimum Gasteiger partial charge on any atom is -0.352 e. The van der Waals surface area contributed by atoms with Gasteiger partial charge in [-0.25, -0.2) is 0 Å². The van der Waals surface area contributed by atoms with Crippen molar-refractivity contribution >= 4 is 11.6 Å². The average Bonchev–Trinajstić information content (AvgIpc) is 2.97. The maximum Gasteiger partial charge on any atom is 0.309 e. The highest BCUT2D eigenvalue weighted by Gasteiger charge is 2.27. The summed E-state index contributed by atoms with van der Waals surface area (Å²) in [5.74, 6) is -0.148. The van der Waals surface area contributed by atoms with Crippen LogP contribution in [0.1, 0.15) is 31.5 Å². The van der Waals surface area contributed by atoms with E-state index in [0.717, 1.165) is 12.8 Å². The fourth-order valence-corrected chi connectivity index (χ4v) is 1.52. The summed E-state index contributed by atoms with van der Waals surface area (Å²) in [7, 11) is 0. The molecule has 1 aliphatic carbocycles. The van der Waals surface area contributed by atoms with E-state index in [0.29, 0.717) is 5.69 Å². The molecule has 0 aliphatic heterocycles. The molecule has 0 bridgehead atoms. The number of nitrogens with zero attached hydrogens (tertiary/aromatic N) is 3. The number of amides is 1. The lowest BCUT2D eigenvalue weighted by Gasteiger charge is -2.11. The van der Waals surface area contributed by atoms with E-state index >= 15 is 0 Å². The van der Waals surface area contributed by atoms with Gasteiger partial charge < -0.3 is 5.32 Å². The van der Waals surface area contributed by atoms with Gasteiger partial charge in [0.15, 0.2) is 0 Å². The molecule has 0 spiro atoms. The highest BCUT2D eigenvalue weighted by Crippen LogP contribution is 2.21. The van der Waals surface area contributed by atoms with E-state index < -0.39 is 11.0 Å². The SMILES string of the molecule is Cc1nn(C(C)C(=O)NC2CC2)cc1[N+](=O)[O-]. The molecule has 1 amide bonds. The van der Waals surface area contributed by atoms with Crippen molar-refractivity contribution in [1.29, 1.82) is 0 Å². The molecular formula is C10H14N4O3. The van der Waals surface area contributed by atoms with Crippen LogP contribution in [-0.4, -0.2) is 26.7 Å². The second-order valence-electron chi connectivity index (χ2n) is 4.30. The van der Waals surface area contributed by atoms with Crippen molar-refractivity contribution in [2.45, 2.75) is 38.8 Å². The lowest BCUT2D eigenvalue weighted by molar-refractivity contribution is -0.385.